The van der Waals surface area contributed by atoms with Crippen LogP contribution in [0.2, 0.25) is 0 Å². The topological polar surface area (TPSA) is 105 Å². The van der Waals surface area contributed by atoms with Crippen molar-refractivity contribution in [1.29, 1.82) is 0 Å². The quantitative estimate of drug-likeness (QED) is 0.707. The lowest BCUT2D eigenvalue weighted by Gasteiger charge is -2.31. The van der Waals surface area contributed by atoms with Crippen LogP contribution >= 0.6 is 0 Å². The number of aliphatic imine (C=N–C) groups is 1. The first kappa shape index (κ1) is 19.8. The number of ether oxygens (including phenoxy) is 2. The van der Waals surface area contributed by atoms with E-state index in [9.17, 15) is 9.59 Å². The van der Waals surface area contributed by atoms with E-state index in [1.165, 1.54) is 0 Å². The van der Waals surface area contributed by atoms with Crippen molar-refractivity contribution in [3.8, 4) is 0 Å². The molecule has 0 fully saturated rings. The van der Waals surface area contributed by atoms with Gasteiger partial charge in [0.1, 0.15) is 19.1 Å². The highest BCUT2D eigenvalue weighted by molar-refractivity contribution is 6.07. The van der Waals surface area contributed by atoms with Crippen molar-refractivity contribution in [2.45, 2.75) is 19.8 Å². The van der Waals surface area contributed by atoms with Crippen LogP contribution < -0.4 is 0 Å². The number of nitrogens with zero attached hydrogens (tertiary/aromatic N) is 1. The maximum absolute atomic E-state index is 12.6. The Morgan fingerprint density at radius 2 is 1.65 bits per heavy atom. The summed E-state index contributed by atoms with van der Waals surface area (Å²) in [4.78, 5) is 29.5. The maximum atomic E-state index is 12.6. The molecule has 0 amide bonds. The van der Waals surface area contributed by atoms with Gasteiger partial charge in [-0.2, -0.15) is 0 Å². The van der Waals surface area contributed by atoms with Gasteiger partial charge in [-0.05, 0) is 19.4 Å². The van der Waals surface area contributed by atoms with Crippen LogP contribution in [0.25, 0.3) is 0 Å². The van der Waals surface area contributed by atoms with E-state index in [0.29, 0.717) is 11.4 Å². The monoisotopic (exact) mass is 361 g/mol. The molecule has 1 aromatic carbocycles. The Morgan fingerprint density at radius 3 is 2.27 bits per heavy atom. The van der Waals surface area contributed by atoms with Crippen molar-refractivity contribution >= 4 is 17.7 Å². The lowest BCUT2D eigenvalue weighted by atomic mass is 9.75. The normalized spacial score (nSPS) is 19.8. The Kier molecular flexibility index (Phi) is 7.06. The first-order valence-corrected chi connectivity index (χ1v) is 8.37. The molecule has 2 atom stereocenters. The highest BCUT2D eigenvalue weighted by Crippen LogP contribution is 2.39. The Balaban J connectivity index is 2.50. The maximum Gasteiger partial charge on any atom is 0.336 e. The highest BCUT2D eigenvalue weighted by atomic mass is 16.5. The number of carbonyl (C=O) groups excluding carboxylic acids is 2. The molecule has 1 aliphatic rings. The van der Waals surface area contributed by atoms with Crippen molar-refractivity contribution < 1.29 is 29.3 Å². The van der Waals surface area contributed by atoms with Gasteiger partial charge in [-0.25, -0.2) is 4.79 Å². The second-order valence-corrected chi connectivity index (χ2v) is 5.87. The lowest BCUT2D eigenvalue weighted by molar-refractivity contribution is -0.147. The van der Waals surface area contributed by atoms with Crippen LogP contribution in [-0.4, -0.2) is 54.3 Å². The zero-order chi connectivity index (χ0) is 19.1. The van der Waals surface area contributed by atoms with Crippen molar-refractivity contribution in [3.05, 3.63) is 47.2 Å². The Morgan fingerprint density at radius 1 is 1.04 bits per heavy atom. The fourth-order valence-electron chi connectivity index (χ4n) is 3.08. The van der Waals surface area contributed by atoms with Gasteiger partial charge in [0, 0.05) is 17.3 Å². The summed E-state index contributed by atoms with van der Waals surface area (Å²) in [5.41, 5.74) is 2.01. The van der Waals surface area contributed by atoms with Crippen LogP contribution in [0, 0.1) is 5.92 Å². The second-order valence-electron chi connectivity index (χ2n) is 5.87. The minimum Gasteiger partial charge on any atom is -0.463 e. The molecule has 2 N–H and O–H groups in total. The summed E-state index contributed by atoms with van der Waals surface area (Å²) in [7, 11) is 0. The number of esters is 2. The van der Waals surface area contributed by atoms with Crippen LogP contribution in [0.3, 0.4) is 0 Å². The summed E-state index contributed by atoms with van der Waals surface area (Å²) in [6.07, 6.45) is 0. The van der Waals surface area contributed by atoms with E-state index in [1.807, 2.05) is 30.3 Å². The zero-order valence-corrected chi connectivity index (χ0v) is 14.8. The van der Waals surface area contributed by atoms with Crippen LogP contribution in [0.4, 0.5) is 0 Å². The minimum atomic E-state index is -0.802. The number of hydrogen-bond acceptors (Lipinski definition) is 7. The van der Waals surface area contributed by atoms with E-state index < -0.39 is 23.8 Å². The van der Waals surface area contributed by atoms with E-state index in [4.69, 9.17) is 19.7 Å². The van der Waals surface area contributed by atoms with Gasteiger partial charge in [0.2, 0.25) is 0 Å². The van der Waals surface area contributed by atoms with E-state index in [-0.39, 0.29) is 32.0 Å². The van der Waals surface area contributed by atoms with Gasteiger partial charge >= 0.3 is 11.9 Å². The zero-order valence-electron chi connectivity index (χ0n) is 14.8. The molecule has 2 unspecified atom stereocenters. The molecule has 7 heteroatoms. The molecular formula is C19H23NO6. The van der Waals surface area contributed by atoms with E-state index in [2.05, 4.69) is 4.99 Å². The largest absolute Gasteiger partial charge is 0.463 e. The van der Waals surface area contributed by atoms with Crippen molar-refractivity contribution in [3.63, 3.8) is 0 Å². The van der Waals surface area contributed by atoms with Gasteiger partial charge < -0.3 is 19.7 Å². The van der Waals surface area contributed by atoms with Gasteiger partial charge in [-0.15, -0.1) is 0 Å². The molecule has 0 aliphatic carbocycles. The molecule has 0 aromatic heterocycles. The number of hydrogen-bond donors (Lipinski definition) is 2. The fraction of sp³-hybridized carbons (Fsp3) is 0.421. The molecule has 1 aromatic rings. The average Bonchev–Trinajstić information content (AvgIpc) is 2.64. The molecule has 0 saturated heterocycles. The van der Waals surface area contributed by atoms with E-state index in [1.54, 1.807) is 13.8 Å². The van der Waals surface area contributed by atoms with Crippen molar-refractivity contribution in [2.75, 3.05) is 26.4 Å². The molecule has 0 spiro atoms. The molecule has 26 heavy (non-hydrogen) atoms. The third-order valence-corrected chi connectivity index (χ3v) is 4.12. The summed E-state index contributed by atoms with van der Waals surface area (Å²) < 4.78 is 10.2. The van der Waals surface area contributed by atoms with Gasteiger partial charge in [-0.3, -0.25) is 9.79 Å². The molecule has 0 saturated carbocycles. The van der Waals surface area contributed by atoms with E-state index in [0.717, 1.165) is 5.56 Å². The van der Waals surface area contributed by atoms with Gasteiger partial charge in [0.15, 0.2) is 0 Å². The number of benzene rings is 1. The van der Waals surface area contributed by atoms with Gasteiger partial charge in [0.05, 0.1) is 18.8 Å². The Bertz CT molecular complexity index is 710. The fourth-order valence-corrected chi connectivity index (χ4v) is 3.08. The average molecular weight is 361 g/mol. The summed E-state index contributed by atoms with van der Waals surface area (Å²) in [5.74, 6) is -2.61. The minimum absolute atomic E-state index is 0.128. The molecule has 0 radical (unpaired) electrons. The molecule has 7 nitrogen and oxygen atoms in total. The SMILES string of the molecule is CC1=NC(C)=C(C(=O)OCCO)C(c2ccccc2)C1C(=O)OCCO. The number of allylic oxidation sites excluding steroid dienone is 1. The third-order valence-electron chi connectivity index (χ3n) is 4.12. The van der Waals surface area contributed by atoms with E-state index >= 15 is 0 Å². The summed E-state index contributed by atoms with van der Waals surface area (Å²) in [6, 6.07) is 9.12. The van der Waals surface area contributed by atoms with Crippen LogP contribution in [0.5, 0.6) is 0 Å². The van der Waals surface area contributed by atoms with Crippen LogP contribution in [0.15, 0.2) is 46.6 Å². The molecular weight excluding hydrogens is 338 g/mol. The number of rotatable bonds is 7. The Hall–Kier alpha value is -2.51. The second kappa shape index (κ2) is 9.26. The number of aliphatic hydroxyl groups is 2. The smallest absolute Gasteiger partial charge is 0.336 e. The molecule has 0 bridgehead atoms. The van der Waals surface area contributed by atoms with Gasteiger partial charge in [-0.1, -0.05) is 30.3 Å². The van der Waals surface area contributed by atoms with Crippen LogP contribution in [0.1, 0.15) is 25.3 Å². The summed E-state index contributed by atoms with van der Waals surface area (Å²) in [6.45, 7) is 2.55. The predicted octanol–water partition coefficient (Wildman–Crippen LogP) is 1.21. The van der Waals surface area contributed by atoms with Crippen LogP contribution in [-0.2, 0) is 19.1 Å². The molecule has 1 heterocycles. The number of aliphatic hydroxyl groups excluding tert-OH is 2. The molecule has 2 rings (SSSR count). The summed E-state index contributed by atoms with van der Waals surface area (Å²) >= 11 is 0. The first-order valence-electron chi connectivity index (χ1n) is 8.37. The third kappa shape index (κ3) is 4.36. The predicted molar refractivity (Wildman–Crippen MR) is 94.6 cm³/mol. The first-order chi connectivity index (χ1) is 12.5. The standard InChI is InChI=1S/C19H23NO6/c1-12-15(18(23)25-10-8-21)17(14-6-4-3-5-7-14)16(13(2)20-12)19(24)26-11-9-22/h3-7,15,17,21-22H,8-11H2,1-2H3. The summed E-state index contributed by atoms with van der Waals surface area (Å²) in [5, 5.41) is 17.9. The molecule has 1 aliphatic heterocycles. The van der Waals surface area contributed by atoms with Gasteiger partial charge in [0.25, 0.3) is 0 Å². The molecule has 140 valence electrons. The lowest BCUT2D eigenvalue weighted by Crippen LogP contribution is -2.37. The highest BCUT2D eigenvalue weighted by Gasteiger charge is 2.42. The van der Waals surface area contributed by atoms with Crippen molar-refractivity contribution in [1.82, 2.24) is 0 Å². The Labute approximate surface area is 152 Å². The van der Waals surface area contributed by atoms with Crippen molar-refractivity contribution in [2.24, 2.45) is 10.9 Å². The number of carbonyl (C=O) groups is 2.